The molecular weight excluding hydrogens is 350 g/mol. The van der Waals surface area contributed by atoms with Crippen molar-refractivity contribution in [3.05, 3.63) is 47.5 Å². The number of nitrogens with zero attached hydrogens (tertiary/aromatic N) is 7. The second kappa shape index (κ2) is 6.26. The van der Waals surface area contributed by atoms with Gasteiger partial charge in [-0.3, -0.25) is 0 Å². The van der Waals surface area contributed by atoms with E-state index in [2.05, 4.69) is 27.2 Å². The summed E-state index contributed by atoms with van der Waals surface area (Å²) in [6.07, 6.45) is 4.15. The lowest BCUT2D eigenvalue weighted by Gasteiger charge is -2.09. The normalized spacial score (nSPS) is 17.3. The van der Waals surface area contributed by atoms with Crippen LogP contribution in [0.4, 0.5) is 0 Å². The van der Waals surface area contributed by atoms with E-state index in [4.69, 9.17) is 14.8 Å². The van der Waals surface area contributed by atoms with Crippen LogP contribution in [-0.4, -0.2) is 47.7 Å². The fourth-order valence-corrected chi connectivity index (χ4v) is 4.11. The van der Waals surface area contributed by atoms with Crippen LogP contribution in [0.15, 0.2) is 30.9 Å². The maximum atomic E-state index is 5.57. The second-order valence-electron chi connectivity index (χ2n) is 6.34. The quantitative estimate of drug-likeness (QED) is 0.550. The maximum absolute atomic E-state index is 5.57. The predicted molar refractivity (Wildman–Crippen MR) is 96.6 cm³/mol. The molecule has 4 aromatic rings. The summed E-state index contributed by atoms with van der Waals surface area (Å²) in [4.78, 5) is 13.3. The molecule has 1 fully saturated rings. The Morgan fingerprint density at radius 1 is 1.31 bits per heavy atom. The van der Waals surface area contributed by atoms with Crippen LogP contribution in [0.3, 0.4) is 0 Å². The molecule has 8 nitrogen and oxygen atoms in total. The second-order valence-corrected chi connectivity index (χ2v) is 7.57. The van der Waals surface area contributed by atoms with Crippen LogP contribution in [0, 0.1) is 6.92 Å². The molecule has 0 bridgehead atoms. The first kappa shape index (κ1) is 15.6. The number of hydrogen-bond donors (Lipinski definition) is 0. The van der Waals surface area contributed by atoms with Gasteiger partial charge in [-0.25, -0.2) is 24.3 Å². The van der Waals surface area contributed by atoms with Crippen LogP contribution in [0.2, 0.25) is 0 Å². The number of thiazole rings is 1. The lowest BCUT2D eigenvalue weighted by Crippen LogP contribution is -2.09. The summed E-state index contributed by atoms with van der Waals surface area (Å²) in [6.45, 7) is 3.97. The van der Waals surface area contributed by atoms with E-state index in [0.29, 0.717) is 13.2 Å². The number of hydrogen-bond acceptors (Lipinski definition) is 7. The summed E-state index contributed by atoms with van der Waals surface area (Å²) in [7, 11) is 0. The third-order valence-electron chi connectivity index (χ3n) is 4.46. The minimum Gasteiger partial charge on any atom is -0.381 e. The van der Waals surface area contributed by atoms with Crippen LogP contribution in [0.1, 0.15) is 29.0 Å². The van der Waals surface area contributed by atoms with Crippen LogP contribution in [0.5, 0.6) is 0 Å². The molecule has 1 aliphatic rings. The van der Waals surface area contributed by atoms with Crippen molar-refractivity contribution in [2.24, 2.45) is 0 Å². The van der Waals surface area contributed by atoms with Crippen molar-refractivity contribution < 1.29 is 4.74 Å². The third kappa shape index (κ3) is 2.78. The molecule has 1 aliphatic heterocycles. The summed E-state index contributed by atoms with van der Waals surface area (Å²) in [5.74, 6) is 1.92. The van der Waals surface area contributed by atoms with Crippen molar-refractivity contribution in [2.75, 3.05) is 13.2 Å². The Labute approximate surface area is 153 Å². The van der Waals surface area contributed by atoms with E-state index >= 15 is 0 Å². The van der Waals surface area contributed by atoms with E-state index in [0.717, 1.165) is 45.6 Å². The molecule has 1 unspecified atom stereocenters. The number of ether oxygens (including phenoxy) is 1. The lowest BCUT2D eigenvalue weighted by atomic mass is 10.1. The van der Waals surface area contributed by atoms with Gasteiger partial charge in [-0.2, -0.15) is 5.10 Å². The predicted octanol–water partition coefficient (Wildman–Crippen LogP) is 2.33. The van der Waals surface area contributed by atoms with Gasteiger partial charge >= 0.3 is 0 Å². The van der Waals surface area contributed by atoms with E-state index in [9.17, 15) is 0 Å². The molecule has 5 rings (SSSR count). The summed E-state index contributed by atoms with van der Waals surface area (Å²) < 4.78 is 10.4. The van der Waals surface area contributed by atoms with Gasteiger partial charge < -0.3 is 4.74 Å². The molecule has 132 valence electrons. The molecule has 9 heteroatoms. The van der Waals surface area contributed by atoms with Crippen molar-refractivity contribution in [3.8, 4) is 5.69 Å². The largest absolute Gasteiger partial charge is 0.381 e. The highest BCUT2D eigenvalue weighted by molar-refractivity contribution is 7.18. The zero-order valence-electron chi connectivity index (χ0n) is 14.2. The number of aromatic nitrogens is 7. The molecule has 3 aromatic heterocycles. The number of rotatable bonds is 4. The minimum absolute atomic E-state index is 0.255. The Morgan fingerprint density at radius 2 is 2.27 bits per heavy atom. The fourth-order valence-electron chi connectivity index (χ4n) is 3.25. The van der Waals surface area contributed by atoms with E-state index < -0.39 is 0 Å². The summed E-state index contributed by atoms with van der Waals surface area (Å²) in [6, 6.07) is 6.23. The molecule has 0 amide bonds. The number of aryl methyl sites for hydroxylation is 1. The topological polar surface area (TPSA) is 83.5 Å². The highest BCUT2D eigenvalue weighted by Crippen LogP contribution is 2.28. The van der Waals surface area contributed by atoms with E-state index in [1.54, 1.807) is 22.3 Å². The van der Waals surface area contributed by atoms with Gasteiger partial charge in [0.15, 0.2) is 5.82 Å². The van der Waals surface area contributed by atoms with E-state index in [1.807, 2.05) is 17.7 Å². The van der Waals surface area contributed by atoms with Gasteiger partial charge in [-0.05, 0) is 31.5 Å². The average molecular weight is 367 g/mol. The minimum atomic E-state index is 0.255. The fraction of sp³-hybridized carbons (Fsp3) is 0.353. The molecule has 0 saturated carbocycles. The van der Waals surface area contributed by atoms with Crippen LogP contribution >= 0.6 is 11.3 Å². The van der Waals surface area contributed by atoms with Gasteiger partial charge in [0.25, 0.3) is 0 Å². The molecule has 26 heavy (non-hydrogen) atoms. The van der Waals surface area contributed by atoms with Crippen molar-refractivity contribution in [1.29, 1.82) is 0 Å². The number of benzene rings is 1. The first-order valence-corrected chi connectivity index (χ1v) is 9.31. The Hall–Kier alpha value is -2.65. The average Bonchev–Trinajstić information content (AvgIpc) is 3.41. The molecule has 0 aliphatic carbocycles. The molecule has 1 atom stereocenters. The van der Waals surface area contributed by atoms with E-state index in [-0.39, 0.29) is 5.92 Å². The van der Waals surface area contributed by atoms with Gasteiger partial charge in [-0.1, -0.05) is 0 Å². The summed E-state index contributed by atoms with van der Waals surface area (Å²) in [5, 5.41) is 9.97. The van der Waals surface area contributed by atoms with Crippen molar-refractivity contribution in [2.45, 2.75) is 25.8 Å². The summed E-state index contributed by atoms with van der Waals surface area (Å²) in [5.41, 5.74) is 2.02. The van der Waals surface area contributed by atoms with Crippen molar-refractivity contribution in [1.82, 2.24) is 34.5 Å². The summed E-state index contributed by atoms with van der Waals surface area (Å²) >= 11 is 1.69. The first-order valence-electron chi connectivity index (χ1n) is 8.50. The molecule has 0 spiro atoms. The SMILES string of the molecule is Cc1nc2ccc(-n3nc(Cn4cncn4)nc3C3CCOC3)cc2s1. The Balaban J connectivity index is 1.58. The van der Waals surface area contributed by atoms with Crippen LogP contribution in [0.25, 0.3) is 15.9 Å². The monoisotopic (exact) mass is 367 g/mol. The third-order valence-corrected chi connectivity index (χ3v) is 5.40. The van der Waals surface area contributed by atoms with Crippen LogP contribution < -0.4 is 0 Å². The molecule has 0 radical (unpaired) electrons. The van der Waals surface area contributed by atoms with E-state index in [1.165, 1.54) is 6.33 Å². The first-order chi connectivity index (χ1) is 12.8. The molecule has 0 N–H and O–H groups in total. The highest BCUT2D eigenvalue weighted by Gasteiger charge is 2.25. The van der Waals surface area contributed by atoms with Crippen LogP contribution in [-0.2, 0) is 11.3 Å². The Kier molecular flexibility index (Phi) is 3.75. The van der Waals surface area contributed by atoms with Gasteiger partial charge in [0, 0.05) is 12.5 Å². The van der Waals surface area contributed by atoms with Gasteiger partial charge in [0.1, 0.15) is 25.0 Å². The number of fused-ring (bicyclic) bond motifs is 1. The van der Waals surface area contributed by atoms with Gasteiger partial charge in [-0.15, -0.1) is 16.4 Å². The zero-order valence-corrected chi connectivity index (χ0v) is 15.1. The smallest absolute Gasteiger partial charge is 0.172 e. The van der Waals surface area contributed by atoms with Gasteiger partial charge in [0.2, 0.25) is 0 Å². The van der Waals surface area contributed by atoms with Gasteiger partial charge in [0.05, 0.1) is 27.5 Å². The highest BCUT2D eigenvalue weighted by atomic mass is 32.1. The molecule has 1 aromatic carbocycles. The molecule has 1 saturated heterocycles. The van der Waals surface area contributed by atoms with Crippen molar-refractivity contribution >= 4 is 21.6 Å². The lowest BCUT2D eigenvalue weighted by molar-refractivity contribution is 0.193. The Morgan fingerprint density at radius 3 is 3.08 bits per heavy atom. The molecular formula is C17H17N7OS. The standard InChI is InChI=1S/C17H17N7OS/c1-11-20-14-3-2-13(6-15(14)26-11)24-17(12-4-5-25-8-12)21-16(22-24)7-23-10-18-9-19-23/h2-3,6,9-10,12H,4-5,7-8H2,1H3. The molecule has 4 heterocycles. The van der Waals surface area contributed by atoms with Crippen molar-refractivity contribution in [3.63, 3.8) is 0 Å². The Bertz CT molecular complexity index is 1050. The zero-order chi connectivity index (χ0) is 17.5. The maximum Gasteiger partial charge on any atom is 0.172 e.